The maximum atomic E-state index is 13.3. The van der Waals surface area contributed by atoms with Gasteiger partial charge in [0.25, 0.3) is 0 Å². The number of benzene rings is 1. The van der Waals surface area contributed by atoms with Gasteiger partial charge >= 0.3 is 0 Å². The van der Waals surface area contributed by atoms with Crippen LogP contribution in [0.25, 0.3) is 0 Å². The number of aryl methyl sites for hydroxylation is 2. The highest BCUT2D eigenvalue weighted by molar-refractivity contribution is 7.91. The molecule has 0 amide bonds. The Morgan fingerprint density at radius 1 is 1.08 bits per heavy atom. The molecule has 4 rings (SSSR count). The Morgan fingerprint density at radius 3 is 2.39 bits per heavy atom. The molecule has 2 aliphatic rings. The Balaban J connectivity index is 1.54. The van der Waals surface area contributed by atoms with Gasteiger partial charge in [0.1, 0.15) is 23.1 Å². The van der Waals surface area contributed by atoms with Crippen molar-refractivity contribution in [3.05, 3.63) is 51.9 Å². The van der Waals surface area contributed by atoms with Gasteiger partial charge in [-0.25, -0.2) is 8.42 Å². The number of hydrogen-bond acceptors (Lipinski definition) is 6. The molecule has 0 aliphatic heterocycles. The van der Waals surface area contributed by atoms with E-state index < -0.39 is 15.6 Å². The molecule has 1 aromatic carbocycles. The number of Topliss-reactive ketones (excluding diaryl/α,β-unsaturated/α-hetero) is 2. The van der Waals surface area contributed by atoms with Crippen molar-refractivity contribution < 1.29 is 22.5 Å². The fourth-order valence-electron chi connectivity index (χ4n) is 6.14. The average Bonchev–Trinajstić information content (AvgIpc) is 3.52. The van der Waals surface area contributed by atoms with Crippen LogP contribution in [0.5, 0.6) is 0 Å². The van der Waals surface area contributed by atoms with Gasteiger partial charge in [-0.2, -0.15) is 0 Å². The standard InChI is InChI=1S/C31H43NO5S/c1-19(2)12-22-14-26(15-22)31-29(23-8-9-23)30(32-37-31)25(10-11-27(33)18-38(5,35)36)17-28(34)16-24-7-6-20(3)13-21(24)4/h6-7,13,19,22-23,25-26H,8-12,14-18H2,1-5H3/t22?,25-,26?/m0/s1. The number of hydrogen-bond donors (Lipinski definition) is 0. The molecular weight excluding hydrogens is 498 g/mol. The lowest BCUT2D eigenvalue weighted by Crippen LogP contribution is -2.23. The molecule has 208 valence electrons. The summed E-state index contributed by atoms with van der Waals surface area (Å²) in [6, 6.07) is 6.13. The SMILES string of the molecule is Cc1ccc(CC(=O)C[C@H](CCC(=O)CS(C)(=O)=O)c2noc(C3CC(CC(C)C)C3)c2C2CC2)c(C)c1. The third kappa shape index (κ3) is 7.64. The summed E-state index contributed by atoms with van der Waals surface area (Å²) in [7, 11) is -3.39. The Morgan fingerprint density at radius 2 is 1.79 bits per heavy atom. The Kier molecular flexibility index (Phi) is 8.96. The first-order valence-corrected chi connectivity index (χ1v) is 16.2. The largest absolute Gasteiger partial charge is 0.361 e. The van der Waals surface area contributed by atoms with Crippen LogP contribution in [0.4, 0.5) is 0 Å². The monoisotopic (exact) mass is 541 g/mol. The van der Waals surface area contributed by atoms with E-state index in [0.717, 1.165) is 66.0 Å². The number of sulfone groups is 1. The maximum Gasteiger partial charge on any atom is 0.154 e. The second kappa shape index (κ2) is 11.8. The lowest BCUT2D eigenvalue weighted by Gasteiger charge is -2.35. The van der Waals surface area contributed by atoms with Crippen molar-refractivity contribution in [3.63, 3.8) is 0 Å². The number of carbonyl (C=O) groups is 2. The molecule has 6 nitrogen and oxygen atoms in total. The highest BCUT2D eigenvalue weighted by Gasteiger charge is 2.41. The van der Waals surface area contributed by atoms with E-state index in [1.807, 2.05) is 26.0 Å². The second-order valence-electron chi connectivity index (χ2n) is 12.5. The molecule has 0 radical (unpaired) electrons. The third-order valence-electron chi connectivity index (χ3n) is 8.12. The van der Waals surface area contributed by atoms with E-state index in [-0.39, 0.29) is 30.3 Å². The van der Waals surface area contributed by atoms with E-state index in [1.54, 1.807) is 0 Å². The van der Waals surface area contributed by atoms with Crippen molar-refractivity contribution in [1.82, 2.24) is 5.16 Å². The zero-order valence-electron chi connectivity index (χ0n) is 23.6. The number of aromatic nitrogens is 1. The normalized spacial score (nSPS) is 20.4. The quantitative estimate of drug-likeness (QED) is 0.275. The molecule has 0 N–H and O–H groups in total. The Bertz CT molecular complexity index is 1270. The van der Waals surface area contributed by atoms with E-state index >= 15 is 0 Å². The van der Waals surface area contributed by atoms with Gasteiger partial charge in [-0.1, -0.05) is 42.8 Å². The molecule has 0 saturated heterocycles. The highest BCUT2D eigenvalue weighted by atomic mass is 32.2. The van der Waals surface area contributed by atoms with Crippen LogP contribution < -0.4 is 0 Å². The molecule has 2 aliphatic carbocycles. The zero-order valence-corrected chi connectivity index (χ0v) is 24.4. The fraction of sp³-hybridized carbons (Fsp3) is 0.645. The summed E-state index contributed by atoms with van der Waals surface area (Å²) in [6.45, 7) is 8.59. The van der Waals surface area contributed by atoms with Gasteiger partial charge in [-0.05, 0) is 81.3 Å². The molecule has 0 spiro atoms. The lowest BCUT2D eigenvalue weighted by molar-refractivity contribution is -0.120. The molecule has 1 aromatic heterocycles. The minimum atomic E-state index is -3.39. The summed E-state index contributed by atoms with van der Waals surface area (Å²) >= 11 is 0. The van der Waals surface area contributed by atoms with E-state index in [1.165, 1.54) is 12.0 Å². The summed E-state index contributed by atoms with van der Waals surface area (Å²) in [5, 5.41) is 4.55. The molecule has 2 fully saturated rings. The van der Waals surface area contributed by atoms with Crippen LogP contribution in [0.2, 0.25) is 0 Å². The van der Waals surface area contributed by atoms with Crippen LogP contribution in [-0.2, 0) is 25.8 Å². The summed E-state index contributed by atoms with van der Waals surface area (Å²) in [5.41, 5.74) is 5.29. The van der Waals surface area contributed by atoms with Crippen molar-refractivity contribution in [3.8, 4) is 0 Å². The van der Waals surface area contributed by atoms with E-state index in [9.17, 15) is 18.0 Å². The van der Waals surface area contributed by atoms with Gasteiger partial charge in [0.05, 0.1) is 5.69 Å². The Labute approximate surface area is 227 Å². The van der Waals surface area contributed by atoms with Gasteiger partial charge in [0.2, 0.25) is 0 Å². The van der Waals surface area contributed by atoms with Crippen LogP contribution in [0.1, 0.15) is 117 Å². The second-order valence-corrected chi connectivity index (χ2v) is 14.6. The summed E-state index contributed by atoms with van der Waals surface area (Å²) in [6.07, 6.45) is 7.86. The van der Waals surface area contributed by atoms with Crippen LogP contribution in [0.3, 0.4) is 0 Å². The minimum absolute atomic E-state index is 0.101. The summed E-state index contributed by atoms with van der Waals surface area (Å²) in [4.78, 5) is 25.8. The molecule has 2 saturated carbocycles. The van der Waals surface area contributed by atoms with Crippen LogP contribution in [-0.4, -0.2) is 37.1 Å². The number of rotatable bonds is 14. The molecule has 7 heteroatoms. The molecule has 1 heterocycles. The van der Waals surface area contributed by atoms with Gasteiger partial charge in [0, 0.05) is 42.9 Å². The predicted molar refractivity (Wildman–Crippen MR) is 149 cm³/mol. The number of nitrogens with zero attached hydrogens (tertiary/aromatic N) is 1. The van der Waals surface area contributed by atoms with Gasteiger partial charge < -0.3 is 4.52 Å². The van der Waals surface area contributed by atoms with Gasteiger partial charge in [0.15, 0.2) is 9.84 Å². The minimum Gasteiger partial charge on any atom is -0.361 e. The van der Waals surface area contributed by atoms with Crippen molar-refractivity contribution in [1.29, 1.82) is 0 Å². The van der Waals surface area contributed by atoms with Crippen molar-refractivity contribution >= 4 is 21.4 Å². The average molecular weight is 542 g/mol. The third-order valence-corrected chi connectivity index (χ3v) is 8.97. The molecule has 38 heavy (non-hydrogen) atoms. The van der Waals surface area contributed by atoms with Crippen LogP contribution in [0.15, 0.2) is 22.7 Å². The lowest BCUT2D eigenvalue weighted by atomic mass is 9.69. The van der Waals surface area contributed by atoms with E-state index in [0.29, 0.717) is 30.6 Å². The van der Waals surface area contributed by atoms with Crippen molar-refractivity contribution in [2.75, 3.05) is 12.0 Å². The van der Waals surface area contributed by atoms with Gasteiger partial charge in [-0.15, -0.1) is 0 Å². The van der Waals surface area contributed by atoms with Crippen molar-refractivity contribution in [2.24, 2.45) is 11.8 Å². The molecule has 2 aromatic rings. The first-order chi connectivity index (χ1) is 17.9. The first kappa shape index (κ1) is 28.7. The number of ketones is 2. The molecule has 0 unspecified atom stereocenters. The zero-order chi connectivity index (χ0) is 27.6. The molecule has 0 bridgehead atoms. The Hall–Kier alpha value is -2.28. The fourth-order valence-corrected chi connectivity index (χ4v) is 6.87. The number of carbonyl (C=O) groups excluding carboxylic acids is 2. The molecular formula is C31H43NO5S. The predicted octanol–water partition coefficient (Wildman–Crippen LogP) is 6.39. The van der Waals surface area contributed by atoms with E-state index in [4.69, 9.17) is 4.52 Å². The van der Waals surface area contributed by atoms with E-state index in [2.05, 4.69) is 25.1 Å². The van der Waals surface area contributed by atoms with Crippen molar-refractivity contribution in [2.45, 2.75) is 103 Å². The maximum absolute atomic E-state index is 13.3. The summed E-state index contributed by atoms with van der Waals surface area (Å²) in [5.74, 6) is 2.28. The van der Waals surface area contributed by atoms with Crippen LogP contribution >= 0.6 is 0 Å². The highest BCUT2D eigenvalue weighted by Crippen LogP contribution is 2.52. The molecule has 1 atom stereocenters. The smallest absolute Gasteiger partial charge is 0.154 e. The van der Waals surface area contributed by atoms with Crippen LogP contribution in [0, 0.1) is 25.7 Å². The van der Waals surface area contributed by atoms with Gasteiger partial charge in [-0.3, -0.25) is 9.59 Å². The topological polar surface area (TPSA) is 94.3 Å². The summed E-state index contributed by atoms with van der Waals surface area (Å²) < 4.78 is 29.3. The first-order valence-electron chi connectivity index (χ1n) is 14.2.